The molecule has 0 atom stereocenters. The van der Waals surface area contributed by atoms with Gasteiger partial charge in [-0.1, -0.05) is 0 Å². The number of aromatic nitrogens is 2. The lowest BCUT2D eigenvalue weighted by Gasteiger charge is -2.26. The second-order valence-corrected chi connectivity index (χ2v) is 5.77. The lowest BCUT2D eigenvalue weighted by molar-refractivity contribution is 0.0298. The number of nitrogens with one attached hydrogen (secondary N) is 1. The van der Waals surface area contributed by atoms with Crippen molar-refractivity contribution in [3.8, 4) is 0 Å². The summed E-state index contributed by atoms with van der Waals surface area (Å²) in [5.41, 5.74) is 2.39. The molecule has 1 aromatic heterocycles. The summed E-state index contributed by atoms with van der Waals surface area (Å²) in [6.45, 7) is 2.33. The predicted octanol–water partition coefficient (Wildman–Crippen LogP) is 1.76. The van der Waals surface area contributed by atoms with Gasteiger partial charge in [-0.05, 0) is 36.4 Å². The van der Waals surface area contributed by atoms with Crippen LogP contribution < -0.4 is 10.2 Å². The van der Waals surface area contributed by atoms with Crippen molar-refractivity contribution in [2.75, 3.05) is 50.6 Å². The molecule has 0 radical (unpaired) electrons. The lowest BCUT2D eigenvalue weighted by atomic mass is 10.2. The zero-order valence-corrected chi connectivity index (χ0v) is 13.9. The van der Waals surface area contributed by atoms with E-state index in [9.17, 15) is 4.79 Å². The maximum absolute atomic E-state index is 12.3. The number of nitrogens with zero attached hydrogens (tertiary/aromatic N) is 4. The molecule has 1 N–H and O–H groups in total. The Kier molecular flexibility index (Phi) is 4.90. The van der Waals surface area contributed by atoms with E-state index in [1.807, 2.05) is 43.3 Å². The molecule has 0 bridgehead atoms. The second kappa shape index (κ2) is 7.27. The Morgan fingerprint density at radius 3 is 2.38 bits per heavy atom. The molecule has 3 rings (SSSR count). The second-order valence-electron chi connectivity index (χ2n) is 5.77. The van der Waals surface area contributed by atoms with Gasteiger partial charge in [0, 0.05) is 38.6 Å². The molecular weight excluding hydrogens is 306 g/mol. The fourth-order valence-corrected chi connectivity index (χ4v) is 2.43. The number of benzene rings is 1. The summed E-state index contributed by atoms with van der Waals surface area (Å²) in [5.74, 6) is 0.499. The third-order valence-electron chi connectivity index (χ3n) is 3.84. The molecule has 0 saturated carbocycles. The predicted molar refractivity (Wildman–Crippen MR) is 92.8 cm³/mol. The summed E-state index contributed by atoms with van der Waals surface area (Å²) in [4.78, 5) is 16.1. The van der Waals surface area contributed by atoms with Gasteiger partial charge in [0.25, 0.3) is 5.91 Å². The number of hydrogen-bond acceptors (Lipinski definition) is 6. The fraction of sp³-hybridized carbons (Fsp3) is 0.353. The van der Waals surface area contributed by atoms with Gasteiger partial charge in [0.1, 0.15) is 0 Å². The van der Waals surface area contributed by atoms with Crippen molar-refractivity contribution < 1.29 is 9.53 Å². The molecule has 1 aliphatic rings. The van der Waals surface area contributed by atoms with Crippen molar-refractivity contribution in [1.29, 1.82) is 0 Å². The molecule has 126 valence electrons. The van der Waals surface area contributed by atoms with Crippen LogP contribution in [0.15, 0.2) is 36.4 Å². The van der Waals surface area contributed by atoms with E-state index in [1.54, 1.807) is 17.0 Å². The molecule has 7 heteroatoms. The van der Waals surface area contributed by atoms with E-state index >= 15 is 0 Å². The smallest absolute Gasteiger partial charge is 0.274 e. The summed E-state index contributed by atoms with van der Waals surface area (Å²) in [7, 11) is 4.00. The summed E-state index contributed by atoms with van der Waals surface area (Å²) >= 11 is 0. The van der Waals surface area contributed by atoms with Gasteiger partial charge in [-0.2, -0.15) is 0 Å². The third kappa shape index (κ3) is 3.80. The van der Waals surface area contributed by atoms with E-state index in [1.165, 1.54) is 0 Å². The molecule has 2 heterocycles. The van der Waals surface area contributed by atoms with Crippen LogP contribution in [0.4, 0.5) is 17.2 Å². The normalized spacial score (nSPS) is 14.3. The number of anilines is 3. The third-order valence-corrected chi connectivity index (χ3v) is 3.84. The van der Waals surface area contributed by atoms with Gasteiger partial charge in [0.2, 0.25) is 0 Å². The molecule has 2 aromatic rings. The summed E-state index contributed by atoms with van der Waals surface area (Å²) in [5, 5.41) is 11.3. The largest absolute Gasteiger partial charge is 0.378 e. The van der Waals surface area contributed by atoms with E-state index in [2.05, 4.69) is 15.5 Å². The van der Waals surface area contributed by atoms with Crippen molar-refractivity contribution in [3.05, 3.63) is 42.1 Å². The summed E-state index contributed by atoms with van der Waals surface area (Å²) in [6, 6.07) is 11.5. The Bertz CT molecular complexity index is 679. The number of hydrogen-bond donors (Lipinski definition) is 1. The number of carbonyl (C=O) groups excluding carboxylic acids is 1. The van der Waals surface area contributed by atoms with Gasteiger partial charge in [-0.3, -0.25) is 4.79 Å². The molecule has 0 aliphatic carbocycles. The van der Waals surface area contributed by atoms with Crippen LogP contribution >= 0.6 is 0 Å². The fourth-order valence-electron chi connectivity index (χ4n) is 2.43. The first-order chi connectivity index (χ1) is 11.6. The van der Waals surface area contributed by atoms with Gasteiger partial charge < -0.3 is 19.9 Å². The highest BCUT2D eigenvalue weighted by molar-refractivity contribution is 5.92. The van der Waals surface area contributed by atoms with Crippen molar-refractivity contribution in [3.63, 3.8) is 0 Å². The molecule has 24 heavy (non-hydrogen) atoms. The topological polar surface area (TPSA) is 70.6 Å². The van der Waals surface area contributed by atoms with E-state index in [0.717, 1.165) is 11.4 Å². The van der Waals surface area contributed by atoms with Crippen LogP contribution in [0, 0.1) is 0 Å². The molecule has 1 aliphatic heterocycles. The average molecular weight is 327 g/mol. The highest BCUT2D eigenvalue weighted by Crippen LogP contribution is 2.18. The van der Waals surface area contributed by atoms with E-state index < -0.39 is 0 Å². The van der Waals surface area contributed by atoms with E-state index in [-0.39, 0.29) is 5.91 Å². The first kappa shape index (κ1) is 16.2. The van der Waals surface area contributed by atoms with Gasteiger partial charge in [0.15, 0.2) is 11.5 Å². The van der Waals surface area contributed by atoms with Crippen LogP contribution in [0.1, 0.15) is 10.5 Å². The van der Waals surface area contributed by atoms with Crippen LogP contribution in [0.3, 0.4) is 0 Å². The summed E-state index contributed by atoms with van der Waals surface area (Å²) in [6.07, 6.45) is 0. The van der Waals surface area contributed by atoms with Crippen molar-refractivity contribution in [2.24, 2.45) is 0 Å². The minimum atomic E-state index is -0.104. The Labute approximate surface area is 141 Å². The minimum absolute atomic E-state index is 0.104. The van der Waals surface area contributed by atoms with Crippen LogP contribution in [0.5, 0.6) is 0 Å². The maximum atomic E-state index is 12.3. The number of carbonyl (C=O) groups is 1. The first-order valence-corrected chi connectivity index (χ1v) is 7.88. The number of amides is 1. The highest BCUT2D eigenvalue weighted by Gasteiger charge is 2.19. The monoisotopic (exact) mass is 327 g/mol. The van der Waals surface area contributed by atoms with Gasteiger partial charge in [0.05, 0.1) is 13.2 Å². The molecule has 1 saturated heterocycles. The van der Waals surface area contributed by atoms with Crippen molar-refractivity contribution in [2.45, 2.75) is 0 Å². The van der Waals surface area contributed by atoms with Crippen LogP contribution in [0.2, 0.25) is 0 Å². The quantitative estimate of drug-likeness (QED) is 0.923. The lowest BCUT2D eigenvalue weighted by Crippen LogP contribution is -2.41. The van der Waals surface area contributed by atoms with Gasteiger partial charge in [-0.15, -0.1) is 10.2 Å². The van der Waals surface area contributed by atoms with Crippen molar-refractivity contribution >= 4 is 23.1 Å². The number of rotatable bonds is 4. The molecule has 0 spiro atoms. The number of ether oxygens (including phenoxy) is 1. The molecule has 1 amide bonds. The van der Waals surface area contributed by atoms with Crippen LogP contribution in [-0.2, 0) is 4.74 Å². The van der Waals surface area contributed by atoms with Crippen molar-refractivity contribution in [1.82, 2.24) is 15.1 Å². The molecular formula is C17H21N5O2. The van der Waals surface area contributed by atoms with Gasteiger partial charge >= 0.3 is 0 Å². The van der Waals surface area contributed by atoms with Crippen LogP contribution in [0.25, 0.3) is 0 Å². The first-order valence-electron chi connectivity index (χ1n) is 7.88. The SMILES string of the molecule is CN(C)c1ccc(Nc2ccc(C(=O)N3CCOCC3)nn2)cc1. The Balaban J connectivity index is 1.64. The van der Waals surface area contributed by atoms with Crippen LogP contribution in [-0.4, -0.2) is 61.4 Å². The Hall–Kier alpha value is -2.67. The zero-order valence-electron chi connectivity index (χ0n) is 13.9. The Morgan fingerprint density at radius 1 is 1.08 bits per heavy atom. The molecule has 1 fully saturated rings. The standard InChI is InChI=1S/C17H21N5O2/c1-21(2)14-5-3-13(4-6-14)18-16-8-7-15(19-20-16)17(23)22-9-11-24-12-10-22/h3-8H,9-12H2,1-2H3,(H,18,20). The minimum Gasteiger partial charge on any atom is -0.378 e. The zero-order chi connectivity index (χ0) is 16.9. The molecule has 1 aromatic carbocycles. The van der Waals surface area contributed by atoms with E-state index in [4.69, 9.17) is 4.74 Å². The van der Waals surface area contributed by atoms with E-state index in [0.29, 0.717) is 37.8 Å². The molecule has 7 nitrogen and oxygen atoms in total. The van der Waals surface area contributed by atoms with Gasteiger partial charge in [-0.25, -0.2) is 0 Å². The number of morpholine rings is 1. The highest BCUT2D eigenvalue weighted by atomic mass is 16.5. The Morgan fingerprint density at radius 2 is 1.79 bits per heavy atom. The molecule has 0 unspecified atom stereocenters. The average Bonchev–Trinajstić information content (AvgIpc) is 2.63. The summed E-state index contributed by atoms with van der Waals surface area (Å²) < 4.78 is 5.25. The maximum Gasteiger partial charge on any atom is 0.274 e.